The van der Waals surface area contributed by atoms with E-state index in [0.717, 1.165) is 6.07 Å². The summed E-state index contributed by atoms with van der Waals surface area (Å²) in [4.78, 5) is 0. The summed E-state index contributed by atoms with van der Waals surface area (Å²) < 4.78 is 38.1. The fourth-order valence-electron chi connectivity index (χ4n) is 1.45. The number of benzene rings is 1. The Morgan fingerprint density at radius 1 is 1.28 bits per heavy atom. The standard InChI is InChI=1S/C13H18F3NO/c1-4-12(3,18)8-17-10-6-5-9(2)11(7-10)13(14,15)16/h5-7,17-18H,4,8H2,1-3H3. The van der Waals surface area contributed by atoms with Crippen LogP contribution in [0.25, 0.3) is 0 Å². The molecule has 1 aromatic carbocycles. The van der Waals surface area contributed by atoms with E-state index in [1.165, 1.54) is 13.0 Å². The van der Waals surface area contributed by atoms with E-state index in [0.29, 0.717) is 12.1 Å². The highest BCUT2D eigenvalue weighted by Gasteiger charge is 2.32. The van der Waals surface area contributed by atoms with Gasteiger partial charge in [-0.25, -0.2) is 0 Å². The molecule has 1 atom stereocenters. The summed E-state index contributed by atoms with van der Waals surface area (Å²) in [7, 11) is 0. The van der Waals surface area contributed by atoms with Crippen LogP contribution < -0.4 is 5.32 Å². The van der Waals surface area contributed by atoms with Crippen LogP contribution in [0.2, 0.25) is 0 Å². The second-order valence-corrected chi connectivity index (χ2v) is 4.73. The van der Waals surface area contributed by atoms with Crippen LogP contribution in [0.3, 0.4) is 0 Å². The first-order valence-electron chi connectivity index (χ1n) is 5.80. The zero-order valence-corrected chi connectivity index (χ0v) is 10.7. The normalized spacial score (nSPS) is 15.3. The zero-order valence-electron chi connectivity index (χ0n) is 10.7. The van der Waals surface area contributed by atoms with Crippen LogP contribution in [0.5, 0.6) is 0 Å². The maximum atomic E-state index is 12.7. The average Bonchev–Trinajstić information content (AvgIpc) is 2.26. The third-order valence-corrected chi connectivity index (χ3v) is 2.98. The first kappa shape index (κ1) is 14.8. The van der Waals surface area contributed by atoms with Gasteiger partial charge in [-0.2, -0.15) is 13.2 Å². The number of aliphatic hydroxyl groups is 1. The fraction of sp³-hybridized carbons (Fsp3) is 0.538. The molecule has 0 aliphatic carbocycles. The molecule has 5 heteroatoms. The van der Waals surface area contributed by atoms with Gasteiger partial charge in [-0.05, 0) is 38.0 Å². The monoisotopic (exact) mass is 261 g/mol. The number of aryl methyl sites for hydroxylation is 1. The van der Waals surface area contributed by atoms with E-state index in [1.807, 2.05) is 6.92 Å². The van der Waals surface area contributed by atoms with Crippen molar-refractivity contribution in [3.8, 4) is 0 Å². The topological polar surface area (TPSA) is 32.3 Å². The lowest BCUT2D eigenvalue weighted by molar-refractivity contribution is -0.138. The van der Waals surface area contributed by atoms with Gasteiger partial charge in [0.25, 0.3) is 0 Å². The van der Waals surface area contributed by atoms with E-state index >= 15 is 0 Å². The smallest absolute Gasteiger partial charge is 0.388 e. The number of anilines is 1. The van der Waals surface area contributed by atoms with Gasteiger partial charge >= 0.3 is 6.18 Å². The molecule has 0 aliphatic rings. The summed E-state index contributed by atoms with van der Waals surface area (Å²) in [5.74, 6) is 0. The summed E-state index contributed by atoms with van der Waals surface area (Å²) in [5.41, 5.74) is -1.02. The van der Waals surface area contributed by atoms with Crippen molar-refractivity contribution in [2.75, 3.05) is 11.9 Å². The maximum absolute atomic E-state index is 12.7. The molecule has 0 aromatic heterocycles. The Bertz CT molecular complexity index is 413. The number of nitrogens with one attached hydrogen (secondary N) is 1. The minimum absolute atomic E-state index is 0.190. The fourth-order valence-corrected chi connectivity index (χ4v) is 1.45. The molecule has 0 fully saturated rings. The van der Waals surface area contributed by atoms with Crippen molar-refractivity contribution < 1.29 is 18.3 Å². The number of halogens is 3. The van der Waals surface area contributed by atoms with Gasteiger partial charge in [0.05, 0.1) is 11.2 Å². The molecule has 0 aliphatic heterocycles. The predicted molar refractivity (Wildman–Crippen MR) is 65.6 cm³/mol. The summed E-state index contributed by atoms with van der Waals surface area (Å²) in [5, 5.41) is 12.6. The highest BCUT2D eigenvalue weighted by Crippen LogP contribution is 2.33. The van der Waals surface area contributed by atoms with Crippen molar-refractivity contribution in [2.24, 2.45) is 0 Å². The van der Waals surface area contributed by atoms with Crippen molar-refractivity contribution in [1.29, 1.82) is 0 Å². The Labute approximate surface area is 105 Å². The summed E-state index contributed by atoms with van der Waals surface area (Å²) in [6.45, 7) is 5.09. The van der Waals surface area contributed by atoms with Gasteiger partial charge in [0.15, 0.2) is 0 Å². The number of alkyl halides is 3. The van der Waals surface area contributed by atoms with Crippen LogP contribution in [0.15, 0.2) is 18.2 Å². The molecule has 0 radical (unpaired) electrons. The van der Waals surface area contributed by atoms with Crippen LogP contribution >= 0.6 is 0 Å². The minimum atomic E-state index is -4.35. The molecule has 0 spiro atoms. The number of rotatable bonds is 4. The first-order valence-corrected chi connectivity index (χ1v) is 5.80. The molecule has 0 amide bonds. The maximum Gasteiger partial charge on any atom is 0.416 e. The lowest BCUT2D eigenvalue weighted by atomic mass is 10.0. The van der Waals surface area contributed by atoms with Crippen LogP contribution in [0, 0.1) is 6.92 Å². The van der Waals surface area contributed by atoms with E-state index in [9.17, 15) is 18.3 Å². The first-order chi connectivity index (χ1) is 8.15. The molecule has 0 saturated carbocycles. The third kappa shape index (κ3) is 3.91. The van der Waals surface area contributed by atoms with Crippen molar-refractivity contribution in [2.45, 2.75) is 39.0 Å². The van der Waals surface area contributed by atoms with E-state index in [2.05, 4.69) is 5.32 Å². The summed E-state index contributed by atoms with van der Waals surface area (Å²) in [6.07, 6.45) is -3.83. The van der Waals surface area contributed by atoms with Gasteiger partial charge in [0, 0.05) is 12.2 Å². The van der Waals surface area contributed by atoms with E-state index in [-0.39, 0.29) is 12.1 Å². The molecule has 0 heterocycles. The highest BCUT2D eigenvalue weighted by atomic mass is 19.4. The Morgan fingerprint density at radius 2 is 1.89 bits per heavy atom. The summed E-state index contributed by atoms with van der Waals surface area (Å²) >= 11 is 0. The minimum Gasteiger partial charge on any atom is -0.388 e. The molecule has 1 unspecified atom stereocenters. The third-order valence-electron chi connectivity index (χ3n) is 2.98. The van der Waals surface area contributed by atoms with Gasteiger partial charge in [0.2, 0.25) is 0 Å². The van der Waals surface area contributed by atoms with Crippen molar-refractivity contribution >= 4 is 5.69 Å². The molecule has 1 aromatic rings. The van der Waals surface area contributed by atoms with E-state index in [1.54, 1.807) is 13.0 Å². The molecule has 1 rings (SSSR count). The van der Waals surface area contributed by atoms with E-state index < -0.39 is 17.3 Å². The van der Waals surface area contributed by atoms with Gasteiger partial charge in [-0.1, -0.05) is 13.0 Å². The molecule has 2 nitrogen and oxygen atoms in total. The Hall–Kier alpha value is -1.23. The highest BCUT2D eigenvalue weighted by molar-refractivity contribution is 5.49. The van der Waals surface area contributed by atoms with Crippen LogP contribution in [0.1, 0.15) is 31.4 Å². The second kappa shape index (κ2) is 5.18. The molecular weight excluding hydrogens is 243 g/mol. The van der Waals surface area contributed by atoms with E-state index in [4.69, 9.17) is 0 Å². The summed E-state index contributed by atoms with van der Waals surface area (Å²) in [6, 6.07) is 4.07. The van der Waals surface area contributed by atoms with Gasteiger partial charge in [0.1, 0.15) is 0 Å². The SMILES string of the molecule is CCC(C)(O)CNc1ccc(C)c(C(F)(F)F)c1. The quantitative estimate of drug-likeness (QED) is 0.868. The second-order valence-electron chi connectivity index (χ2n) is 4.73. The zero-order chi connectivity index (χ0) is 14.0. The lowest BCUT2D eigenvalue weighted by Gasteiger charge is -2.22. The predicted octanol–water partition coefficient (Wildman–Crippen LogP) is 3.59. The Kier molecular flexibility index (Phi) is 4.27. The van der Waals surface area contributed by atoms with Gasteiger partial charge < -0.3 is 10.4 Å². The molecule has 0 bridgehead atoms. The Morgan fingerprint density at radius 3 is 2.39 bits per heavy atom. The van der Waals surface area contributed by atoms with Crippen molar-refractivity contribution in [1.82, 2.24) is 0 Å². The molecule has 18 heavy (non-hydrogen) atoms. The van der Waals surface area contributed by atoms with Crippen molar-refractivity contribution in [3.63, 3.8) is 0 Å². The largest absolute Gasteiger partial charge is 0.416 e. The van der Waals surface area contributed by atoms with Crippen LogP contribution in [-0.4, -0.2) is 17.3 Å². The molecule has 2 N–H and O–H groups in total. The van der Waals surface area contributed by atoms with Crippen molar-refractivity contribution in [3.05, 3.63) is 29.3 Å². The van der Waals surface area contributed by atoms with Gasteiger partial charge in [-0.3, -0.25) is 0 Å². The van der Waals surface area contributed by atoms with Crippen LogP contribution in [-0.2, 0) is 6.18 Å². The molecular formula is C13H18F3NO. The average molecular weight is 261 g/mol. The Balaban J connectivity index is 2.87. The number of hydrogen-bond donors (Lipinski definition) is 2. The van der Waals surface area contributed by atoms with Gasteiger partial charge in [-0.15, -0.1) is 0 Å². The van der Waals surface area contributed by atoms with Crippen LogP contribution in [0.4, 0.5) is 18.9 Å². The number of hydrogen-bond acceptors (Lipinski definition) is 2. The molecule has 0 saturated heterocycles. The molecule has 102 valence electrons. The lowest BCUT2D eigenvalue weighted by Crippen LogP contribution is -2.32.